The summed E-state index contributed by atoms with van der Waals surface area (Å²) < 4.78 is 44.2. The summed E-state index contributed by atoms with van der Waals surface area (Å²) in [6.45, 7) is 0.114. The number of nitrogens with one attached hydrogen (secondary N) is 1. The summed E-state index contributed by atoms with van der Waals surface area (Å²) >= 11 is 3.02. The van der Waals surface area contributed by atoms with Gasteiger partial charge in [-0.15, -0.1) is 0 Å². The average molecular weight is 334 g/mol. The van der Waals surface area contributed by atoms with E-state index in [-0.39, 0.29) is 15.9 Å². The Morgan fingerprint density at radius 1 is 1.33 bits per heavy atom. The van der Waals surface area contributed by atoms with Crippen molar-refractivity contribution in [3.05, 3.63) is 52.6 Å². The summed E-state index contributed by atoms with van der Waals surface area (Å²) in [5, 5.41) is 0. The maximum Gasteiger partial charge on any atom is 0.241 e. The van der Waals surface area contributed by atoms with E-state index in [1.54, 1.807) is 6.07 Å². The molecule has 0 aliphatic carbocycles. The Morgan fingerprint density at radius 2 is 2.11 bits per heavy atom. The van der Waals surface area contributed by atoms with Crippen LogP contribution in [0.15, 0.2) is 50.6 Å². The molecule has 0 aliphatic rings. The van der Waals surface area contributed by atoms with Crippen LogP contribution in [0.5, 0.6) is 0 Å². The molecule has 0 fully saturated rings. The van der Waals surface area contributed by atoms with Crippen LogP contribution in [0.25, 0.3) is 0 Å². The van der Waals surface area contributed by atoms with E-state index in [9.17, 15) is 12.8 Å². The molecule has 0 bridgehead atoms. The Balaban J connectivity index is 2.20. The van der Waals surface area contributed by atoms with Crippen molar-refractivity contribution in [2.24, 2.45) is 0 Å². The first-order valence-electron chi connectivity index (χ1n) is 4.95. The van der Waals surface area contributed by atoms with Crippen LogP contribution in [-0.2, 0) is 16.6 Å². The molecule has 1 heterocycles. The highest BCUT2D eigenvalue weighted by Crippen LogP contribution is 2.22. The molecule has 0 saturated heterocycles. The van der Waals surface area contributed by atoms with Crippen molar-refractivity contribution in [2.45, 2.75) is 11.4 Å². The van der Waals surface area contributed by atoms with E-state index in [0.717, 1.165) is 12.1 Å². The lowest BCUT2D eigenvalue weighted by molar-refractivity contribution is 0.561. The minimum atomic E-state index is -3.69. The third-order valence-corrected chi connectivity index (χ3v) is 4.61. The van der Waals surface area contributed by atoms with Crippen LogP contribution in [0.4, 0.5) is 4.39 Å². The molecule has 2 rings (SSSR count). The summed E-state index contributed by atoms with van der Waals surface area (Å²) in [6.07, 6.45) is 2.90. The Kier molecular flexibility index (Phi) is 3.84. The zero-order chi connectivity index (χ0) is 13.2. The molecule has 0 spiro atoms. The van der Waals surface area contributed by atoms with E-state index in [0.29, 0.717) is 5.56 Å². The molecule has 0 saturated carbocycles. The van der Waals surface area contributed by atoms with Gasteiger partial charge in [0.15, 0.2) is 0 Å². The van der Waals surface area contributed by atoms with Crippen molar-refractivity contribution in [1.82, 2.24) is 4.72 Å². The Bertz CT molecular complexity index is 640. The fourth-order valence-electron chi connectivity index (χ4n) is 1.34. The minimum absolute atomic E-state index is 0.00704. The lowest BCUT2D eigenvalue weighted by atomic mass is 10.3. The predicted molar refractivity (Wildman–Crippen MR) is 66.8 cm³/mol. The quantitative estimate of drug-likeness (QED) is 0.935. The van der Waals surface area contributed by atoms with E-state index in [1.165, 1.54) is 18.6 Å². The van der Waals surface area contributed by atoms with Crippen molar-refractivity contribution in [2.75, 3.05) is 0 Å². The topological polar surface area (TPSA) is 59.3 Å². The number of hydrogen-bond donors (Lipinski definition) is 1. The standard InChI is InChI=1S/C11H9BrFNO3S/c12-10-5-9(13)1-2-11(10)18(15,16)14-6-8-3-4-17-7-8/h1-5,7,14H,6H2. The summed E-state index contributed by atoms with van der Waals surface area (Å²) in [5.41, 5.74) is 0.705. The Hall–Kier alpha value is -1.18. The monoisotopic (exact) mass is 333 g/mol. The fraction of sp³-hybridized carbons (Fsp3) is 0.0909. The second-order valence-electron chi connectivity index (χ2n) is 3.53. The van der Waals surface area contributed by atoms with E-state index < -0.39 is 15.8 Å². The highest BCUT2D eigenvalue weighted by Gasteiger charge is 2.17. The molecule has 4 nitrogen and oxygen atoms in total. The molecule has 96 valence electrons. The Labute approximate surface area is 112 Å². The third kappa shape index (κ3) is 2.98. The van der Waals surface area contributed by atoms with E-state index in [1.807, 2.05) is 0 Å². The van der Waals surface area contributed by atoms with Crippen molar-refractivity contribution in [3.63, 3.8) is 0 Å². The van der Waals surface area contributed by atoms with Crippen molar-refractivity contribution >= 4 is 26.0 Å². The lowest BCUT2D eigenvalue weighted by Crippen LogP contribution is -2.23. The van der Waals surface area contributed by atoms with Crippen LogP contribution in [0.1, 0.15) is 5.56 Å². The zero-order valence-electron chi connectivity index (χ0n) is 9.06. The van der Waals surface area contributed by atoms with Crippen LogP contribution < -0.4 is 4.72 Å². The first-order valence-corrected chi connectivity index (χ1v) is 7.22. The van der Waals surface area contributed by atoms with Gasteiger partial charge in [0.05, 0.1) is 17.4 Å². The van der Waals surface area contributed by atoms with Crippen LogP contribution in [0.3, 0.4) is 0 Å². The maximum absolute atomic E-state index is 12.9. The fourth-order valence-corrected chi connectivity index (χ4v) is 3.41. The highest BCUT2D eigenvalue weighted by atomic mass is 79.9. The molecular formula is C11H9BrFNO3S. The molecule has 0 unspecified atom stereocenters. The predicted octanol–water partition coefficient (Wildman–Crippen LogP) is 2.66. The van der Waals surface area contributed by atoms with Crippen molar-refractivity contribution in [3.8, 4) is 0 Å². The first kappa shape index (κ1) is 13.3. The molecular weight excluding hydrogens is 325 g/mol. The molecule has 1 aromatic carbocycles. The number of halogens is 2. The highest BCUT2D eigenvalue weighted by molar-refractivity contribution is 9.10. The van der Waals surface area contributed by atoms with Crippen molar-refractivity contribution in [1.29, 1.82) is 0 Å². The zero-order valence-corrected chi connectivity index (χ0v) is 11.5. The normalized spacial score (nSPS) is 11.7. The minimum Gasteiger partial charge on any atom is -0.472 e. The smallest absolute Gasteiger partial charge is 0.241 e. The lowest BCUT2D eigenvalue weighted by Gasteiger charge is -2.07. The summed E-state index contributed by atoms with van der Waals surface area (Å²) in [5.74, 6) is -0.504. The van der Waals surface area contributed by atoms with Gasteiger partial charge in [-0.2, -0.15) is 0 Å². The van der Waals surface area contributed by atoms with Gasteiger partial charge in [0.2, 0.25) is 10.0 Å². The number of furan rings is 1. The molecule has 0 aliphatic heterocycles. The molecule has 7 heteroatoms. The average Bonchev–Trinajstić information content (AvgIpc) is 2.78. The van der Waals surface area contributed by atoms with Crippen LogP contribution in [0, 0.1) is 5.82 Å². The van der Waals surface area contributed by atoms with Gasteiger partial charge in [-0.05, 0) is 40.2 Å². The molecule has 0 amide bonds. The first-order chi connectivity index (χ1) is 8.49. The molecule has 1 aromatic heterocycles. The number of sulfonamides is 1. The SMILES string of the molecule is O=S(=O)(NCc1ccoc1)c1ccc(F)cc1Br. The van der Waals surface area contributed by atoms with Gasteiger partial charge in [0.1, 0.15) is 5.82 Å². The van der Waals surface area contributed by atoms with Crippen LogP contribution in [0.2, 0.25) is 0 Å². The Morgan fingerprint density at radius 3 is 2.72 bits per heavy atom. The second kappa shape index (κ2) is 5.21. The van der Waals surface area contributed by atoms with E-state index >= 15 is 0 Å². The van der Waals surface area contributed by atoms with Gasteiger partial charge < -0.3 is 4.42 Å². The van der Waals surface area contributed by atoms with Crippen LogP contribution >= 0.6 is 15.9 Å². The van der Waals surface area contributed by atoms with Crippen molar-refractivity contribution < 1.29 is 17.2 Å². The van der Waals surface area contributed by atoms with Gasteiger partial charge in [0.25, 0.3) is 0 Å². The third-order valence-electron chi connectivity index (χ3n) is 2.23. The second-order valence-corrected chi connectivity index (χ2v) is 6.12. The van der Waals surface area contributed by atoms with Gasteiger partial charge in [-0.1, -0.05) is 0 Å². The van der Waals surface area contributed by atoms with E-state index in [2.05, 4.69) is 20.7 Å². The van der Waals surface area contributed by atoms with Gasteiger partial charge in [-0.25, -0.2) is 17.5 Å². The van der Waals surface area contributed by atoms with Crippen LogP contribution in [-0.4, -0.2) is 8.42 Å². The number of benzene rings is 1. The van der Waals surface area contributed by atoms with E-state index in [4.69, 9.17) is 4.42 Å². The molecule has 0 radical (unpaired) electrons. The summed E-state index contributed by atoms with van der Waals surface area (Å²) in [4.78, 5) is -0.00704. The summed E-state index contributed by atoms with van der Waals surface area (Å²) in [6, 6.07) is 5.06. The van der Waals surface area contributed by atoms with Gasteiger partial charge >= 0.3 is 0 Å². The maximum atomic E-state index is 12.9. The number of hydrogen-bond acceptors (Lipinski definition) is 3. The molecule has 18 heavy (non-hydrogen) atoms. The van der Waals surface area contributed by atoms with Gasteiger partial charge in [0, 0.05) is 16.6 Å². The molecule has 1 N–H and O–H groups in total. The molecule has 0 atom stereocenters. The summed E-state index contributed by atoms with van der Waals surface area (Å²) in [7, 11) is -3.69. The number of rotatable bonds is 4. The van der Waals surface area contributed by atoms with Gasteiger partial charge in [-0.3, -0.25) is 0 Å². The largest absolute Gasteiger partial charge is 0.472 e. The molecule has 2 aromatic rings.